The van der Waals surface area contributed by atoms with Crippen molar-refractivity contribution in [2.45, 2.75) is 20.0 Å². The summed E-state index contributed by atoms with van der Waals surface area (Å²) in [6, 6.07) is 12.7. The number of nitrogens with one attached hydrogen (secondary N) is 1. The Morgan fingerprint density at radius 3 is 2.50 bits per heavy atom. The lowest BCUT2D eigenvalue weighted by Crippen LogP contribution is -2.30. The smallest absolute Gasteiger partial charge is 0.325 e. The normalized spacial score (nSPS) is 10.5. The first-order valence-electron chi connectivity index (χ1n) is 8.66. The Balaban J connectivity index is 1.47. The van der Waals surface area contributed by atoms with Gasteiger partial charge in [0.15, 0.2) is 6.61 Å². The molecular formula is C20H18FN3O4. The van der Waals surface area contributed by atoms with Crippen molar-refractivity contribution in [3.8, 4) is 11.4 Å². The Bertz CT molecular complexity index is 952. The van der Waals surface area contributed by atoms with Gasteiger partial charge in [0.2, 0.25) is 5.82 Å². The number of rotatable bonds is 7. The predicted molar refractivity (Wildman–Crippen MR) is 97.6 cm³/mol. The van der Waals surface area contributed by atoms with Crippen molar-refractivity contribution in [2.75, 3.05) is 6.54 Å². The molecule has 2 aromatic carbocycles. The van der Waals surface area contributed by atoms with Gasteiger partial charge in [-0.25, -0.2) is 4.39 Å². The molecule has 0 atom stereocenters. The summed E-state index contributed by atoms with van der Waals surface area (Å²) in [6.07, 6.45) is 0.936. The van der Waals surface area contributed by atoms with Gasteiger partial charge in [0.25, 0.3) is 11.8 Å². The van der Waals surface area contributed by atoms with Gasteiger partial charge in [-0.15, -0.1) is 0 Å². The lowest BCUT2D eigenvalue weighted by Gasteiger charge is -2.05. The first-order chi connectivity index (χ1) is 13.5. The van der Waals surface area contributed by atoms with Gasteiger partial charge in [0.05, 0.1) is 0 Å². The van der Waals surface area contributed by atoms with Crippen LogP contribution in [0, 0.1) is 5.82 Å². The third-order valence-electron chi connectivity index (χ3n) is 3.94. The molecule has 1 N–H and O–H groups in total. The fourth-order valence-electron chi connectivity index (χ4n) is 2.37. The summed E-state index contributed by atoms with van der Waals surface area (Å²) in [5, 5.41) is 6.26. The highest BCUT2D eigenvalue weighted by molar-refractivity contribution is 5.95. The van der Waals surface area contributed by atoms with Crippen molar-refractivity contribution in [1.82, 2.24) is 15.5 Å². The minimum atomic E-state index is -0.664. The molecule has 0 aliphatic rings. The first kappa shape index (κ1) is 19.2. The Morgan fingerprint density at radius 2 is 1.82 bits per heavy atom. The standard InChI is InChI=1S/C20H18FN3O4/c1-2-13-3-5-14(6-4-13)19-23-17(28-24-19)12-27-18(25)11-22-20(26)15-7-9-16(21)10-8-15/h3-10H,2,11-12H2,1H3,(H,22,26). The Morgan fingerprint density at radius 1 is 1.11 bits per heavy atom. The molecule has 0 saturated heterocycles. The number of esters is 1. The third-order valence-corrected chi connectivity index (χ3v) is 3.94. The second-order valence-corrected chi connectivity index (χ2v) is 5.91. The van der Waals surface area contributed by atoms with Crippen LogP contribution in [0.5, 0.6) is 0 Å². The fraction of sp³-hybridized carbons (Fsp3) is 0.200. The zero-order chi connectivity index (χ0) is 19.9. The summed E-state index contributed by atoms with van der Waals surface area (Å²) < 4.78 is 22.9. The van der Waals surface area contributed by atoms with Crippen molar-refractivity contribution in [3.05, 3.63) is 71.4 Å². The van der Waals surface area contributed by atoms with E-state index in [0.29, 0.717) is 5.82 Å². The van der Waals surface area contributed by atoms with Gasteiger partial charge in [-0.05, 0) is 36.2 Å². The zero-order valence-electron chi connectivity index (χ0n) is 15.1. The van der Waals surface area contributed by atoms with Gasteiger partial charge in [0.1, 0.15) is 12.4 Å². The van der Waals surface area contributed by atoms with Crippen molar-refractivity contribution < 1.29 is 23.2 Å². The quantitative estimate of drug-likeness (QED) is 0.631. The molecule has 0 radical (unpaired) electrons. The second kappa shape index (κ2) is 8.90. The van der Waals surface area contributed by atoms with Crippen LogP contribution in [0.25, 0.3) is 11.4 Å². The fourth-order valence-corrected chi connectivity index (χ4v) is 2.37. The predicted octanol–water partition coefficient (Wildman–Crippen LogP) is 2.91. The first-order valence-corrected chi connectivity index (χ1v) is 8.66. The SMILES string of the molecule is CCc1ccc(-c2noc(COC(=O)CNC(=O)c3ccc(F)cc3)n2)cc1. The van der Waals surface area contributed by atoms with Crippen LogP contribution in [-0.2, 0) is 22.6 Å². The highest BCUT2D eigenvalue weighted by Gasteiger charge is 2.13. The number of carbonyl (C=O) groups is 2. The van der Waals surface area contributed by atoms with Crippen LogP contribution in [0.2, 0.25) is 0 Å². The van der Waals surface area contributed by atoms with Crippen LogP contribution in [0.3, 0.4) is 0 Å². The zero-order valence-corrected chi connectivity index (χ0v) is 15.1. The van der Waals surface area contributed by atoms with Crippen LogP contribution in [0.15, 0.2) is 53.1 Å². The highest BCUT2D eigenvalue weighted by Crippen LogP contribution is 2.17. The number of hydrogen-bond donors (Lipinski definition) is 1. The molecule has 0 aliphatic carbocycles. The summed E-state index contributed by atoms with van der Waals surface area (Å²) in [5.41, 5.74) is 2.24. The van der Waals surface area contributed by atoms with E-state index in [4.69, 9.17) is 9.26 Å². The maximum absolute atomic E-state index is 12.8. The number of hydrogen-bond acceptors (Lipinski definition) is 6. The molecule has 3 aromatic rings. The number of halogens is 1. The van der Waals surface area contributed by atoms with Gasteiger partial charge in [-0.2, -0.15) is 4.98 Å². The number of carbonyl (C=O) groups excluding carboxylic acids is 2. The van der Waals surface area contributed by atoms with Gasteiger partial charge in [-0.1, -0.05) is 36.3 Å². The second-order valence-electron chi connectivity index (χ2n) is 5.91. The summed E-state index contributed by atoms with van der Waals surface area (Å²) in [4.78, 5) is 27.8. The molecule has 0 spiro atoms. The van der Waals surface area contributed by atoms with E-state index in [9.17, 15) is 14.0 Å². The van der Waals surface area contributed by atoms with E-state index >= 15 is 0 Å². The van der Waals surface area contributed by atoms with Crippen molar-refractivity contribution in [3.63, 3.8) is 0 Å². The van der Waals surface area contributed by atoms with Crippen LogP contribution < -0.4 is 5.32 Å². The van der Waals surface area contributed by atoms with Crippen LogP contribution >= 0.6 is 0 Å². The van der Waals surface area contributed by atoms with Gasteiger partial charge in [0, 0.05) is 11.1 Å². The van der Waals surface area contributed by atoms with Gasteiger partial charge in [-0.3, -0.25) is 9.59 Å². The molecule has 3 rings (SSSR count). The molecule has 144 valence electrons. The van der Waals surface area contributed by atoms with Crippen LogP contribution in [0.1, 0.15) is 28.7 Å². The third kappa shape index (κ3) is 5.00. The number of amides is 1. The lowest BCUT2D eigenvalue weighted by atomic mass is 10.1. The summed E-state index contributed by atoms with van der Waals surface area (Å²) in [6.45, 7) is 1.53. The Labute approximate surface area is 160 Å². The van der Waals surface area contributed by atoms with Gasteiger partial charge < -0.3 is 14.6 Å². The van der Waals surface area contributed by atoms with E-state index in [-0.39, 0.29) is 24.6 Å². The lowest BCUT2D eigenvalue weighted by molar-refractivity contribution is -0.144. The van der Waals surface area contributed by atoms with Crippen molar-refractivity contribution in [1.29, 1.82) is 0 Å². The topological polar surface area (TPSA) is 94.3 Å². The monoisotopic (exact) mass is 383 g/mol. The molecule has 0 saturated carbocycles. The summed E-state index contributed by atoms with van der Waals surface area (Å²) in [5.74, 6) is -1.07. The average Bonchev–Trinajstić information content (AvgIpc) is 3.20. The maximum atomic E-state index is 12.8. The minimum Gasteiger partial charge on any atom is -0.454 e. The number of ether oxygens (including phenoxy) is 1. The van der Waals surface area contributed by atoms with Crippen molar-refractivity contribution >= 4 is 11.9 Å². The number of aryl methyl sites for hydroxylation is 1. The summed E-state index contributed by atoms with van der Waals surface area (Å²) >= 11 is 0. The molecular weight excluding hydrogens is 365 g/mol. The van der Waals surface area contributed by atoms with Crippen LogP contribution in [-0.4, -0.2) is 28.6 Å². The maximum Gasteiger partial charge on any atom is 0.325 e. The minimum absolute atomic E-state index is 0.146. The molecule has 0 unspecified atom stereocenters. The molecule has 28 heavy (non-hydrogen) atoms. The van der Waals surface area contributed by atoms with E-state index < -0.39 is 17.7 Å². The number of benzene rings is 2. The highest BCUT2D eigenvalue weighted by atomic mass is 19.1. The molecule has 0 bridgehead atoms. The molecule has 7 nitrogen and oxygen atoms in total. The van der Waals surface area contributed by atoms with E-state index in [2.05, 4.69) is 22.4 Å². The summed E-state index contributed by atoms with van der Waals surface area (Å²) in [7, 11) is 0. The number of nitrogens with zero attached hydrogens (tertiary/aromatic N) is 2. The average molecular weight is 383 g/mol. The Kier molecular flexibility index (Phi) is 6.11. The van der Waals surface area contributed by atoms with Crippen LogP contribution in [0.4, 0.5) is 4.39 Å². The van der Waals surface area contributed by atoms with Crippen molar-refractivity contribution in [2.24, 2.45) is 0 Å². The van der Waals surface area contributed by atoms with E-state index in [1.54, 1.807) is 0 Å². The van der Waals surface area contributed by atoms with E-state index in [1.165, 1.54) is 17.7 Å². The largest absolute Gasteiger partial charge is 0.454 e. The molecule has 1 heterocycles. The number of aromatic nitrogens is 2. The Hall–Kier alpha value is -3.55. The van der Waals surface area contributed by atoms with E-state index in [0.717, 1.165) is 24.1 Å². The molecule has 8 heteroatoms. The molecule has 0 aliphatic heterocycles. The molecule has 1 aromatic heterocycles. The van der Waals surface area contributed by atoms with Gasteiger partial charge >= 0.3 is 5.97 Å². The molecule has 0 fully saturated rings. The molecule has 1 amide bonds. The van der Waals surface area contributed by atoms with E-state index in [1.807, 2.05) is 24.3 Å².